The number of nitriles is 2. The molecule has 6 nitrogen and oxygen atoms in total. The van der Waals surface area contributed by atoms with E-state index in [1.807, 2.05) is 139 Å². The van der Waals surface area contributed by atoms with Crippen molar-refractivity contribution >= 4 is 44.7 Å². The molecule has 0 aliphatic rings. The molecule has 2 N–H and O–H groups in total. The molecule has 6 heteroatoms. The Bertz CT molecular complexity index is 2550. The molecule has 7 aromatic rings. The molecule has 7 aromatic carbocycles. The van der Waals surface area contributed by atoms with Crippen molar-refractivity contribution in [3.63, 3.8) is 0 Å². The summed E-state index contributed by atoms with van der Waals surface area (Å²) in [5.41, 5.74) is 7.72. The number of anilines is 2. The fourth-order valence-corrected chi connectivity index (χ4v) is 6.97. The van der Waals surface area contributed by atoms with E-state index in [1.165, 1.54) is 0 Å². The van der Waals surface area contributed by atoms with Crippen LogP contribution in [0.4, 0.5) is 11.4 Å². The van der Waals surface area contributed by atoms with Gasteiger partial charge < -0.3 is 10.6 Å². The third-order valence-electron chi connectivity index (χ3n) is 10.1. The molecule has 0 radical (unpaired) electrons. The molecule has 56 heavy (non-hydrogen) atoms. The number of amides is 2. The highest BCUT2D eigenvalue weighted by Crippen LogP contribution is 2.48. The summed E-state index contributed by atoms with van der Waals surface area (Å²) >= 11 is 0. The van der Waals surface area contributed by atoms with Gasteiger partial charge in [0.15, 0.2) is 0 Å². The van der Waals surface area contributed by atoms with Crippen LogP contribution in [0, 0.1) is 33.5 Å². The maximum absolute atomic E-state index is 14.1. The predicted molar refractivity (Wildman–Crippen MR) is 229 cm³/mol. The lowest BCUT2D eigenvalue weighted by Crippen LogP contribution is -2.31. The molecule has 0 spiro atoms. The zero-order valence-corrected chi connectivity index (χ0v) is 32.4. The average Bonchev–Trinajstić information content (AvgIpc) is 3.19. The van der Waals surface area contributed by atoms with Crippen molar-refractivity contribution in [2.24, 2.45) is 10.8 Å². The van der Waals surface area contributed by atoms with Gasteiger partial charge in [0.1, 0.15) is 0 Å². The Labute approximate surface area is 328 Å². The van der Waals surface area contributed by atoms with E-state index in [0.717, 1.165) is 66.1 Å². The van der Waals surface area contributed by atoms with Gasteiger partial charge in [0.2, 0.25) is 11.8 Å². The Morgan fingerprint density at radius 3 is 1.05 bits per heavy atom. The Hall–Kier alpha value is -7.02. The van der Waals surface area contributed by atoms with Crippen LogP contribution in [0.2, 0.25) is 0 Å². The van der Waals surface area contributed by atoms with Gasteiger partial charge in [0.05, 0.1) is 34.6 Å². The van der Waals surface area contributed by atoms with Crippen LogP contribution >= 0.6 is 0 Å². The van der Waals surface area contributed by atoms with Gasteiger partial charge in [-0.15, -0.1) is 0 Å². The summed E-state index contributed by atoms with van der Waals surface area (Å²) in [6.07, 6.45) is 0. The number of rotatable bonds is 6. The molecule has 0 unspecified atom stereocenters. The van der Waals surface area contributed by atoms with Crippen LogP contribution in [0.3, 0.4) is 0 Å². The SMILES string of the molecule is CC(C)(C)C(=O)Nc1c(-c2cccc3cccc(-c4ccc(C#N)cc4)c23)ccc(-c2cccc3cccc(-c4ccc(C#N)cc4)c23)c1NC(=O)C(C)(C)C. The molecule has 274 valence electrons. The van der Waals surface area contributed by atoms with Crippen molar-refractivity contribution in [1.82, 2.24) is 0 Å². The minimum Gasteiger partial charge on any atom is -0.323 e. The third kappa shape index (κ3) is 7.14. The molecule has 0 atom stereocenters. The van der Waals surface area contributed by atoms with E-state index in [0.29, 0.717) is 22.5 Å². The van der Waals surface area contributed by atoms with Gasteiger partial charge in [-0.3, -0.25) is 9.59 Å². The van der Waals surface area contributed by atoms with Crippen LogP contribution in [0.15, 0.2) is 133 Å². The first-order valence-electron chi connectivity index (χ1n) is 18.6. The first-order chi connectivity index (χ1) is 26.8. The fraction of sp³-hybridized carbons (Fsp3) is 0.160. The lowest BCUT2D eigenvalue weighted by atomic mass is 9.86. The second-order valence-corrected chi connectivity index (χ2v) is 16.1. The van der Waals surface area contributed by atoms with Crippen molar-refractivity contribution in [2.75, 3.05) is 10.6 Å². The van der Waals surface area contributed by atoms with Gasteiger partial charge in [-0.05, 0) is 79.2 Å². The average molecular weight is 731 g/mol. The highest BCUT2D eigenvalue weighted by atomic mass is 16.2. The Balaban J connectivity index is 1.57. The number of carbonyl (C=O) groups excluding carboxylic acids is 2. The highest BCUT2D eigenvalue weighted by Gasteiger charge is 2.29. The monoisotopic (exact) mass is 730 g/mol. The van der Waals surface area contributed by atoms with Crippen LogP contribution in [-0.4, -0.2) is 11.8 Å². The molecular formula is C50H42N4O2. The fourth-order valence-electron chi connectivity index (χ4n) is 6.97. The molecule has 0 heterocycles. The molecule has 0 saturated carbocycles. The minimum absolute atomic E-state index is 0.203. The third-order valence-corrected chi connectivity index (χ3v) is 10.1. The Kier molecular flexibility index (Phi) is 9.77. The summed E-state index contributed by atoms with van der Waals surface area (Å²) in [5.74, 6) is -0.406. The molecule has 0 bridgehead atoms. The quantitative estimate of drug-likeness (QED) is 0.178. The molecule has 2 amide bonds. The summed E-state index contributed by atoms with van der Waals surface area (Å²) < 4.78 is 0. The number of nitrogens with zero attached hydrogens (tertiary/aromatic N) is 2. The van der Waals surface area contributed by atoms with Crippen LogP contribution in [-0.2, 0) is 9.59 Å². The van der Waals surface area contributed by atoms with Crippen molar-refractivity contribution < 1.29 is 9.59 Å². The largest absolute Gasteiger partial charge is 0.323 e. The first kappa shape index (κ1) is 37.3. The molecular weight excluding hydrogens is 689 g/mol. The van der Waals surface area contributed by atoms with Gasteiger partial charge in [0.25, 0.3) is 0 Å². The molecule has 0 aromatic heterocycles. The number of nitrogens with one attached hydrogen (secondary N) is 2. The molecule has 0 saturated heterocycles. The van der Waals surface area contributed by atoms with E-state index in [9.17, 15) is 20.1 Å². The van der Waals surface area contributed by atoms with Crippen molar-refractivity contribution in [3.8, 4) is 56.6 Å². The summed E-state index contributed by atoms with van der Waals surface area (Å²) in [7, 11) is 0. The molecule has 0 aliphatic carbocycles. The standard InChI is InChI=1S/C50H42N4O2/c1-49(2,3)47(55)53-45-41(39-17-9-13-35-11-7-15-37(43(35)39)33-23-19-31(29-51)20-24-33)27-28-42(46(45)54-48(56)50(4,5)6)40-18-10-14-36-12-8-16-38(44(36)40)34-25-21-32(30-52)22-26-34/h7-28H,1-6H3,(H,53,55)(H,54,56). The number of hydrogen-bond acceptors (Lipinski definition) is 4. The predicted octanol–water partition coefficient (Wildman–Crippen LogP) is 12.4. The van der Waals surface area contributed by atoms with Crippen LogP contribution < -0.4 is 10.6 Å². The number of carbonyl (C=O) groups is 2. The van der Waals surface area contributed by atoms with Gasteiger partial charge >= 0.3 is 0 Å². The summed E-state index contributed by atoms with van der Waals surface area (Å²) in [4.78, 5) is 28.3. The van der Waals surface area contributed by atoms with E-state index in [4.69, 9.17) is 0 Å². The van der Waals surface area contributed by atoms with Gasteiger partial charge in [-0.1, -0.05) is 151 Å². The number of hydrogen-bond donors (Lipinski definition) is 2. The van der Waals surface area contributed by atoms with Gasteiger partial charge in [-0.25, -0.2) is 0 Å². The summed E-state index contributed by atoms with van der Waals surface area (Å²) in [5, 5.41) is 29.6. The van der Waals surface area contributed by atoms with E-state index in [2.05, 4.69) is 59.2 Å². The van der Waals surface area contributed by atoms with Crippen LogP contribution in [0.25, 0.3) is 66.1 Å². The second-order valence-electron chi connectivity index (χ2n) is 16.1. The molecule has 0 aliphatic heterocycles. The zero-order valence-electron chi connectivity index (χ0n) is 32.4. The smallest absolute Gasteiger partial charge is 0.229 e. The Morgan fingerprint density at radius 2 is 0.750 bits per heavy atom. The lowest BCUT2D eigenvalue weighted by Gasteiger charge is -2.27. The van der Waals surface area contributed by atoms with Crippen LogP contribution in [0.5, 0.6) is 0 Å². The summed E-state index contributed by atoms with van der Waals surface area (Å²) in [6, 6.07) is 48.1. The second kappa shape index (κ2) is 14.7. The maximum Gasteiger partial charge on any atom is 0.229 e. The summed E-state index contributed by atoms with van der Waals surface area (Å²) in [6.45, 7) is 11.2. The van der Waals surface area contributed by atoms with E-state index >= 15 is 0 Å². The van der Waals surface area contributed by atoms with E-state index in [-0.39, 0.29) is 11.8 Å². The van der Waals surface area contributed by atoms with Crippen LogP contribution in [0.1, 0.15) is 52.7 Å². The Morgan fingerprint density at radius 1 is 0.429 bits per heavy atom. The van der Waals surface area contributed by atoms with Crippen molar-refractivity contribution in [1.29, 1.82) is 10.5 Å². The molecule has 0 fully saturated rings. The normalized spacial score (nSPS) is 11.5. The van der Waals surface area contributed by atoms with Crippen molar-refractivity contribution in [3.05, 3.63) is 145 Å². The van der Waals surface area contributed by atoms with Gasteiger partial charge in [-0.2, -0.15) is 10.5 Å². The topological polar surface area (TPSA) is 106 Å². The lowest BCUT2D eigenvalue weighted by molar-refractivity contribution is -0.124. The first-order valence-corrected chi connectivity index (χ1v) is 18.6. The zero-order chi connectivity index (χ0) is 39.8. The number of benzene rings is 7. The van der Waals surface area contributed by atoms with Gasteiger partial charge in [0, 0.05) is 22.0 Å². The highest BCUT2D eigenvalue weighted by molar-refractivity contribution is 6.17. The molecule has 7 rings (SSSR count). The van der Waals surface area contributed by atoms with E-state index < -0.39 is 10.8 Å². The van der Waals surface area contributed by atoms with Crippen molar-refractivity contribution in [2.45, 2.75) is 41.5 Å². The minimum atomic E-state index is -0.757. The number of fused-ring (bicyclic) bond motifs is 2. The maximum atomic E-state index is 14.1. The van der Waals surface area contributed by atoms with E-state index in [1.54, 1.807) is 0 Å².